The molecule has 2 aromatic carbocycles. The zero-order valence-electron chi connectivity index (χ0n) is 18.1. The molecule has 31 heavy (non-hydrogen) atoms. The first-order valence-corrected chi connectivity index (χ1v) is 10.4. The molecule has 0 spiro atoms. The molecule has 1 aliphatic rings. The van der Waals surface area contributed by atoms with Gasteiger partial charge in [-0.25, -0.2) is 0 Å². The molecule has 0 aromatic heterocycles. The van der Waals surface area contributed by atoms with Gasteiger partial charge in [0, 0.05) is 30.4 Å². The number of esters is 1. The highest BCUT2D eigenvalue weighted by Gasteiger charge is 2.37. The van der Waals surface area contributed by atoms with Gasteiger partial charge in [-0.1, -0.05) is 38.1 Å². The Labute approximate surface area is 182 Å². The molecule has 0 unspecified atom stereocenters. The SMILES string of the molecule is CC[C@H](C)c1ccccc1N1C[C@H](C(=O)OCC(=O)Nc2cccc(OC)c2)CC1=O. The third kappa shape index (κ3) is 5.42. The number of carbonyl (C=O) groups excluding carboxylic acids is 3. The molecule has 0 aliphatic carbocycles. The Balaban J connectivity index is 1.58. The molecular formula is C24H28N2O5. The Kier molecular flexibility index (Phi) is 7.28. The van der Waals surface area contributed by atoms with E-state index in [0.29, 0.717) is 17.4 Å². The van der Waals surface area contributed by atoms with Crippen molar-refractivity contribution in [3.8, 4) is 5.75 Å². The lowest BCUT2D eigenvalue weighted by Gasteiger charge is -2.23. The fraction of sp³-hybridized carbons (Fsp3) is 0.375. The molecule has 0 radical (unpaired) electrons. The van der Waals surface area contributed by atoms with E-state index < -0.39 is 24.4 Å². The summed E-state index contributed by atoms with van der Waals surface area (Å²) in [6, 6.07) is 14.7. The first kappa shape index (κ1) is 22.3. The molecule has 1 fully saturated rings. The Morgan fingerprint density at radius 2 is 1.97 bits per heavy atom. The molecule has 1 heterocycles. The quantitative estimate of drug-likeness (QED) is 0.653. The van der Waals surface area contributed by atoms with Gasteiger partial charge in [-0.15, -0.1) is 0 Å². The number of hydrogen-bond donors (Lipinski definition) is 1. The molecule has 2 atom stereocenters. The van der Waals surface area contributed by atoms with Gasteiger partial charge in [0.2, 0.25) is 5.91 Å². The maximum atomic E-state index is 12.6. The van der Waals surface area contributed by atoms with E-state index in [1.807, 2.05) is 24.3 Å². The van der Waals surface area contributed by atoms with E-state index in [0.717, 1.165) is 17.7 Å². The van der Waals surface area contributed by atoms with Crippen LogP contribution in [0, 0.1) is 5.92 Å². The van der Waals surface area contributed by atoms with E-state index in [1.165, 1.54) is 7.11 Å². The van der Waals surface area contributed by atoms with Crippen LogP contribution in [0.3, 0.4) is 0 Å². The molecule has 0 bridgehead atoms. The van der Waals surface area contributed by atoms with Crippen molar-refractivity contribution in [3.05, 3.63) is 54.1 Å². The zero-order valence-corrected chi connectivity index (χ0v) is 18.1. The molecular weight excluding hydrogens is 396 g/mol. The van der Waals surface area contributed by atoms with Crippen LogP contribution in [0.25, 0.3) is 0 Å². The normalized spacial score (nSPS) is 16.7. The summed E-state index contributed by atoms with van der Waals surface area (Å²) < 4.78 is 10.3. The number of benzene rings is 2. The molecule has 164 valence electrons. The highest BCUT2D eigenvalue weighted by Crippen LogP contribution is 2.33. The number of amides is 2. The lowest BCUT2D eigenvalue weighted by Crippen LogP contribution is -2.29. The second-order valence-corrected chi connectivity index (χ2v) is 7.66. The van der Waals surface area contributed by atoms with Crippen molar-refractivity contribution in [2.24, 2.45) is 5.92 Å². The summed E-state index contributed by atoms with van der Waals surface area (Å²) in [4.78, 5) is 38.9. The Hall–Kier alpha value is -3.35. The first-order valence-electron chi connectivity index (χ1n) is 10.4. The molecule has 2 amide bonds. The average Bonchev–Trinajstić information content (AvgIpc) is 3.18. The minimum absolute atomic E-state index is 0.0746. The van der Waals surface area contributed by atoms with Crippen molar-refractivity contribution in [3.63, 3.8) is 0 Å². The van der Waals surface area contributed by atoms with Crippen molar-refractivity contribution >= 4 is 29.2 Å². The van der Waals surface area contributed by atoms with Gasteiger partial charge in [0.05, 0.1) is 13.0 Å². The average molecular weight is 424 g/mol. The molecule has 7 heteroatoms. The van der Waals surface area contributed by atoms with E-state index in [-0.39, 0.29) is 18.9 Å². The van der Waals surface area contributed by atoms with Crippen LogP contribution in [-0.4, -0.2) is 38.0 Å². The predicted octanol–water partition coefficient (Wildman–Crippen LogP) is 3.74. The molecule has 3 rings (SSSR count). The number of anilines is 2. The predicted molar refractivity (Wildman–Crippen MR) is 118 cm³/mol. The van der Waals surface area contributed by atoms with Crippen LogP contribution in [0.1, 0.15) is 38.2 Å². The Bertz CT molecular complexity index is 958. The maximum absolute atomic E-state index is 12.6. The van der Waals surface area contributed by atoms with Gasteiger partial charge in [-0.3, -0.25) is 14.4 Å². The minimum Gasteiger partial charge on any atom is -0.497 e. The van der Waals surface area contributed by atoms with Crippen molar-refractivity contribution < 1.29 is 23.9 Å². The van der Waals surface area contributed by atoms with Gasteiger partial charge in [0.1, 0.15) is 5.75 Å². The van der Waals surface area contributed by atoms with Gasteiger partial charge >= 0.3 is 5.97 Å². The minimum atomic E-state index is -0.595. The highest BCUT2D eigenvalue weighted by atomic mass is 16.5. The third-order valence-electron chi connectivity index (χ3n) is 5.53. The topological polar surface area (TPSA) is 84.9 Å². The summed E-state index contributed by atoms with van der Waals surface area (Å²) in [5.74, 6) is -0.796. The summed E-state index contributed by atoms with van der Waals surface area (Å²) in [7, 11) is 1.54. The number of ether oxygens (including phenoxy) is 2. The Morgan fingerprint density at radius 1 is 1.19 bits per heavy atom. The first-order chi connectivity index (χ1) is 14.9. The monoisotopic (exact) mass is 424 g/mol. The Morgan fingerprint density at radius 3 is 2.71 bits per heavy atom. The smallest absolute Gasteiger partial charge is 0.311 e. The van der Waals surface area contributed by atoms with Gasteiger partial charge < -0.3 is 19.7 Å². The molecule has 0 saturated carbocycles. The number of nitrogens with one attached hydrogen (secondary N) is 1. The van der Waals surface area contributed by atoms with Crippen molar-refractivity contribution in [2.75, 3.05) is 30.5 Å². The molecule has 1 saturated heterocycles. The van der Waals surface area contributed by atoms with Gasteiger partial charge in [0.15, 0.2) is 6.61 Å². The number of hydrogen-bond acceptors (Lipinski definition) is 5. The standard InChI is InChI=1S/C24H28N2O5/c1-4-16(2)20-10-5-6-11-21(20)26-14-17(12-23(26)28)24(29)31-15-22(27)25-18-8-7-9-19(13-18)30-3/h5-11,13,16-17H,4,12,14-15H2,1-3H3,(H,25,27)/t16-,17+/m0/s1. The summed E-state index contributed by atoms with van der Waals surface area (Å²) >= 11 is 0. The van der Waals surface area contributed by atoms with Crippen LogP contribution in [0.4, 0.5) is 11.4 Å². The third-order valence-corrected chi connectivity index (χ3v) is 5.53. The van der Waals surface area contributed by atoms with E-state index in [4.69, 9.17) is 9.47 Å². The lowest BCUT2D eigenvalue weighted by molar-refractivity contribution is -0.151. The second kappa shape index (κ2) is 10.1. The fourth-order valence-corrected chi connectivity index (χ4v) is 3.62. The fourth-order valence-electron chi connectivity index (χ4n) is 3.62. The molecule has 1 N–H and O–H groups in total. The number of nitrogens with zero attached hydrogens (tertiary/aromatic N) is 1. The van der Waals surface area contributed by atoms with Crippen molar-refractivity contribution in [1.29, 1.82) is 0 Å². The zero-order chi connectivity index (χ0) is 22.4. The number of rotatable bonds is 8. The highest BCUT2D eigenvalue weighted by molar-refractivity contribution is 6.00. The molecule has 1 aliphatic heterocycles. The van der Waals surface area contributed by atoms with Crippen LogP contribution >= 0.6 is 0 Å². The van der Waals surface area contributed by atoms with Gasteiger partial charge in [0.25, 0.3) is 5.91 Å². The van der Waals surface area contributed by atoms with Gasteiger partial charge in [-0.05, 0) is 36.1 Å². The van der Waals surface area contributed by atoms with Crippen molar-refractivity contribution in [2.45, 2.75) is 32.6 Å². The summed E-state index contributed by atoms with van der Waals surface area (Å²) in [6.45, 7) is 4.06. The van der Waals surface area contributed by atoms with Crippen LogP contribution in [0.15, 0.2) is 48.5 Å². The van der Waals surface area contributed by atoms with Crippen LogP contribution < -0.4 is 15.0 Å². The molecule has 7 nitrogen and oxygen atoms in total. The number of carbonyl (C=O) groups is 3. The largest absolute Gasteiger partial charge is 0.497 e. The maximum Gasteiger partial charge on any atom is 0.311 e. The van der Waals surface area contributed by atoms with E-state index in [1.54, 1.807) is 29.2 Å². The van der Waals surface area contributed by atoms with E-state index >= 15 is 0 Å². The summed E-state index contributed by atoms with van der Waals surface area (Å²) in [5.41, 5.74) is 2.47. The van der Waals surface area contributed by atoms with Crippen LogP contribution in [0.5, 0.6) is 5.75 Å². The summed E-state index contributed by atoms with van der Waals surface area (Å²) in [5, 5.41) is 2.66. The number of methoxy groups -OCH3 is 1. The second-order valence-electron chi connectivity index (χ2n) is 7.66. The van der Waals surface area contributed by atoms with Crippen molar-refractivity contribution in [1.82, 2.24) is 0 Å². The number of para-hydroxylation sites is 1. The molecule has 2 aromatic rings. The van der Waals surface area contributed by atoms with E-state index in [9.17, 15) is 14.4 Å². The van der Waals surface area contributed by atoms with Crippen LogP contribution in [0.2, 0.25) is 0 Å². The summed E-state index contributed by atoms with van der Waals surface area (Å²) in [6.07, 6.45) is 1.03. The van der Waals surface area contributed by atoms with Gasteiger partial charge in [-0.2, -0.15) is 0 Å². The lowest BCUT2D eigenvalue weighted by atomic mass is 9.96. The van der Waals surface area contributed by atoms with Crippen LogP contribution in [-0.2, 0) is 19.1 Å². The van der Waals surface area contributed by atoms with E-state index in [2.05, 4.69) is 19.2 Å².